The highest BCUT2D eigenvalue weighted by Gasteiger charge is 2.10. The zero-order valence-corrected chi connectivity index (χ0v) is 13.0. The van der Waals surface area contributed by atoms with Crippen LogP contribution in [0, 0.1) is 0 Å². The normalized spacial score (nSPS) is 10.4. The van der Waals surface area contributed by atoms with Crippen molar-refractivity contribution < 1.29 is 14.1 Å². The van der Waals surface area contributed by atoms with E-state index in [0.717, 1.165) is 0 Å². The molecule has 0 saturated carbocycles. The van der Waals surface area contributed by atoms with E-state index in [0.29, 0.717) is 33.1 Å². The molecule has 2 aromatic rings. The Morgan fingerprint density at radius 1 is 1.29 bits per heavy atom. The molecule has 0 radical (unpaired) electrons. The number of benzene rings is 1. The van der Waals surface area contributed by atoms with Crippen LogP contribution in [0.3, 0.4) is 0 Å². The van der Waals surface area contributed by atoms with Crippen LogP contribution < -0.4 is 10.1 Å². The topological polar surface area (TPSA) is 64.4 Å². The van der Waals surface area contributed by atoms with E-state index in [1.807, 2.05) is 0 Å². The van der Waals surface area contributed by atoms with Crippen LogP contribution in [0.5, 0.6) is 5.75 Å². The number of aromatic nitrogens is 1. The smallest absolute Gasteiger partial charge is 0.226 e. The standard InChI is InChI=1S/C13H11Cl3N2O3/c14-8-5-10(15)13(11(16)6-8)20-4-2-17-12(19)7-9-1-3-21-18-9/h1,3,5-6H,2,4,7H2,(H,17,19). The number of nitrogens with one attached hydrogen (secondary N) is 1. The molecule has 0 spiro atoms. The van der Waals surface area contributed by atoms with Gasteiger partial charge >= 0.3 is 0 Å². The fraction of sp³-hybridized carbons (Fsp3) is 0.231. The van der Waals surface area contributed by atoms with Gasteiger partial charge in [-0.3, -0.25) is 4.79 Å². The van der Waals surface area contributed by atoms with Crippen molar-refractivity contribution in [2.24, 2.45) is 0 Å². The molecule has 21 heavy (non-hydrogen) atoms. The van der Waals surface area contributed by atoms with Crippen LogP contribution in [0.1, 0.15) is 5.69 Å². The second-order valence-electron chi connectivity index (χ2n) is 4.06. The van der Waals surface area contributed by atoms with Gasteiger partial charge in [0.05, 0.1) is 28.7 Å². The van der Waals surface area contributed by atoms with Crippen molar-refractivity contribution in [2.45, 2.75) is 6.42 Å². The SMILES string of the molecule is O=C(Cc1ccon1)NCCOc1c(Cl)cc(Cl)cc1Cl. The van der Waals surface area contributed by atoms with Gasteiger partial charge in [-0.25, -0.2) is 0 Å². The number of hydrogen-bond acceptors (Lipinski definition) is 4. The summed E-state index contributed by atoms with van der Waals surface area (Å²) < 4.78 is 10.1. The summed E-state index contributed by atoms with van der Waals surface area (Å²) in [5, 5.41) is 7.40. The maximum atomic E-state index is 11.6. The monoisotopic (exact) mass is 348 g/mol. The van der Waals surface area contributed by atoms with Crippen molar-refractivity contribution in [3.05, 3.63) is 45.2 Å². The molecule has 112 valence electrons. The van der Waals surface area contributed by atoms with Gasteiger partial charge in [0.15, 0.2) is 5.75 Å². The van der Waals surface area contributed by atoms with Crippen molar-refractivity contribution in [1.29, 1.82) is 0 Å². The van der Waals surface area contributed by atoms with E-state index in [2.05, 4.69) is 15.0 Å². The minimum Gasteiger partial charge on any atom is -0.489 e. The molecule has 2 rings (SSSR count). The molecule has 0 saturated heterocycles. The van der Waals surface area contributed by atoms with E-state index >= 15 is 0 Å². The molecule has 1 aromatic carbocycles. The van der Waals surface area contributed by atoms with Gasteiger partial charge in [0.1, 0.15) is 12.9 Å². The van der Waals surface area contributed by atoms with E-state index in [4.69, 9.17) is 39.5 Å². The molecule has 0 fully saturated rings. The lowest BCUT2D eigenvalue weighted by Gasteiger charge is -2.10. The second-order valence-corrected chi connectivity index (χ2v) is 5.32. The highest BCUT2D eigenvalue weighted by atomic mass is 35.5. The summed E-state index contributed by atoms with van der Waals surface area (Å²) in [4.78, 5) is 11.6. The first-order valence-corrected chi connectivity index (χ1v) is 7.13. The molecule has 8 heteroatoms. The third-order valence-corrected chi connectivity index (χ3v) is 3.25. The minimum atomic E-state index is -0.180. The number of halogens is 3. The summed E-state index contributed by atoms with van der Waals surface area (Å²) in [6, 6.07) is 4.70. The van der Waals surface area contributed by atoms with Gasteiger partial charge in [0.25, 0.3) is 0 Å². The van der Waals surface area contributed by atoms with Gasteiger partial charge < -0.3 is 14.6 Å². The Labute approximate surface area is 136 Å². The Morgan fingerprint density at radius 2 is 2.00 bits per heavy atom. The molecule has 0 atom stereocenters. The zero-order valence-electron chi connectivity index (χ0n) is 10.7. The third kappa shape index (κ3) is 4.81. The van der Waals surface area contributed by atoms with Gasteiger partial charge in [0.2, 0.25) is 5.91 Å². The lowest BCUT2D eigenvalue weighted by Crippen LogP contribution is -2.29. The van der Waals surface area contributed by atoms with Crippen LogP contribution in [0.25, 0.3) is 0 Å². The van der Waals surface area contributed by atoms with E-state index in [1.54, 1.807) is 6.07 Å². The highest BCUT2D eigenvalue weighted by Crippen LogP contribution is 2.35. The average molecular weight is 350 g/mol. The third-order valence-electron chi connectivity index (χ3n) is 2.47. The molecule has 1 amide bonds. The quantitative estimate of drug-likeness (QED) is 0.812. The van der Waals surface area contributed by atoms with Gasteiger partial charge in [-0.1, -0.05) is 40.0 Å². The molecule has 0 unspecified atom stereocenters. The van der Waals surface area contributed by atoms with Crippen LogP contribution in [-0.4, -0.2) is 24.2 Å². The molecular weight excluding hydrogens is 339 g/mol. The van der Waals surface area contributed by atoms with Crippen molar-refractivity contribution in [1.82, 2.24) is 10.5 Å². The van der Waals surface area contributed by atoms with Crippen molar-refractivity contribution >= 4 is 40.7 Å². The summed E-state index contributed by atoms with van der Waals surface area (Å²) in [6.45, 7) is 0.539. The predicted molar refractivity (Wildman–Crippen MR) is 80.2 cm³/mol. The number of carbonyl (C=O) groups excluding carboxylic acids is 1. The first-order valence-electron chi connectivity index (χ1n) is 5.99. The molecule has 0 aliphatic heterocycles. The summed E-state index contributed by atoms with van der Waals surface area (Å²) in [7, 11) is 0. The molecule has 0 aliphatic carbocycles. The molecule has 1 heterocycles. The average Bonchev–Trinajstić information content (AvgIpc) is 2.89. The highest BCUT2D eigenvalue weighted by molar-refractivity contribution is 6.40. The number of rotatable bonds is 6. The second kappa shape index (κ2) is 7.54. The Hall–Kier alpha value is -1.43. The lowest BCUT2D eigenvalue weighted by molar-refractivity contribution is -0.120. The number of nitrogens with zero attached hydrogens (tertiary/aromatic N) is 1. The Balaban J connectivity index is 1.76. The van der Waals surface area contributed by atoms with E-state index in [9.17, 15) is 4.79 Å². The van der Waals surface area contributed by atoms with Crippen LogP contribution in [0.4, 0.5) is 0 Å². The minimum absolute atomic E-state index is 0.152. The summed E-state index contributed by atoms with van der Waals surface area (Å²) in [6.07, 6.45) is 1.56. The number of amides is 1. The summed E-state index contributed by atoms with van der Waals surface area (Å²) in [5.41, 5.74) is 0.567. The van der Waals surface area contributed by atoms with E-state index < -0.39 is 0 Å². The van der Waals surface area contributed by atoms with Crippen molar-refractivity contribution in [2.75, 3.05) is 13.2 Å². The Morgan fingerprint density at radius 3 is 2.62 bits per heavy atom. The first kappa shape index (κ1) is 15.9. The van der Waals surface area contributed by atoms with Gasteiger partial charge in [-0.05, 0) is 12.1 Å². The molecule has 5 nitrogen and oxygen atoms in total. The first-order chi connectivity index (χ1) is 10.1. The van der Waals surface area contributed by atoms with Crippen LogP contribution >= 0.6 is 34.8 Å². The fourth-order valence-corrected chi connectivity index (χ4v) is 2.49. The largest absolute Gasteiger partial charge is 0.489 e. The Kier molecular flexibility index (Phi) is 5.73. The Bertz CT molecular complexity index is 594. The van der Waals surface area contributed by atoms with Gasteiger partial charge in [-0.15, -0.1) is 0 Å². The maximum Gasteiger partial charge on any atom is 0.226 e. The lowest BCUT2D eigenvalue weighted by atomic mass is 10.3. The molecule has 1 N–H and O–H groups in total. The summed E-state index contributed by atoms with van der Waals surface area (Å²) in [5.74, 6) is 0.161. The number of carbonyl (C=O) groups is 1. The van der Waals surface area contributed by atoms with E-state index in [1.165, 1.54) is 18.4 Å². The predicted octanol–water partition coefficient (Wildman–Crippen LogP) is 3.37. The maximum absolute atomic E-state index is 11.6. The number of ether oxygens (including phenoxy) is 1. The fourth-order valence-electron chi connectivity index (χ4n) is 1.57. The van der Waals surface area contributed by atoms with Gasteiger partial charge in [0, 0.05) is 11.1 Å². The van der Waals surface area contributed by atoms with Crippen LogP contribution in [0.15, 0.2) is 29.0 Å². The van der Waals surface area contributed by atoms with Gasteiger partial charge in [-0.2, -0.15) is 0 Å². The van der Waals surface area contributed by atoms with E-state index in [-0.39, 0.29) is 18.9 Å². The van der Waals surface area contributed by atoms with Crippen molar-refractivity contribution in [3.8, 4) is 5.75 Å². The molecule has 0 aliphatic rings. The van der Waals surface area contributed by atoms with Crippen LogP contribution in [0.2, 0.25) is 15.1 Å². The van der Waals surface area contributed by atoms with Crippen LogP contribution in [-0.2, 0) is 11.2 Å². The number of hydrogen-bond donors (Lipinski definition) is 1. The van der Waals surface area contributed by atoms with Crippen molar-refractivity contribution in [3.63, 3.8) is 0 Å². The zero-order chi connectivity index (χ0) is 15.2. The molecule has 1 aromatic heterocycles. The molecular formula is C13H11Cl3N2O3. The molecule has 0 bridgehead atoms. The summed E-state index contributed by atoms with van der Waals surface area (Å²) >= 11 is 17.7.